The summed E-state index contributed by atoms with van der Waals surface area (Å²) in [7, 11) is 4.57. The van der Waals surface area contributed by atoms with Crippen LogP contribution in [0.3, 0.4) is 0 Å². The van der Waals surface area contributed by atoms with Crippen LogP contribution in [0.25, 0.3) is 0 Å². The van der Waals surface area contributed by atoms with Gasteiger partial charge in [-0.15, -0.1) is 0 Å². The summed E-state index contributed by atoms with van der Waals surface area (Å²) in [5.74, 6) is -1.03. The first-order valence-corrected chi connectivity index (χ1v) is 5.50. The first-order chi connectivity index (χ1) is 8.42. The van der Waals surface area contributed by atoms with E-state index in [1.165, 1.54) is 29.8 Å². The maximum absolute atomic E-state index is 12.1. The van der Waals surface area contributed by atoms with Crippen LogP contribution < -0.4 is 4.74 Å². The molecule has 0 saturated heterocycles. The van der Waals surface area contributed by atoms with Crippen molar-refractivity contribution in [3.05, 3.63) is 11.8 Å². The molecule has 0 aliphatic rings. The third kappa shape index (κ3) is 2.61. The summed E-state index contributed by atoms with van der Waals surface area (Å²) in [6.07, 6.45) is 0.335. The maximum atomic E-state index is 12.1. The minimum Gasteiger partial charge on any atom is -0.481 e. The Bertz CT molecular complexity index is 455. The Morgan fingerprint density at radius 1 is 1.61 bits per heavy atom. The van der Waals surface area contributed by atoms with E-state index in [0.717, 1.165) is 0 Å². The molecule has 7 nitrogen and oxygen atoms in total. The number of hydrogen-bond donors (Lipinski definition) is 1. The van der Waals surface area contributed by atoms with Gasteiger partial charge in [0.25, 0.3) is 5.91 Å². The summed E-state index contributed by atoms with van der Waals surface area (Å²) in [5.41, 5.74) is 0.163. The number of carbonyl (C=O) groups excluding carboxylic acids is 1. The molecule has 1 N–H and O–H groups in total. The molecule has 0 aliphatic heterocycles. The Labute approximate surface area is 105 Å². The lowest BCUT2D eigenvalue weighted by Gasteiger charge is -2.22. The Morgan fingerprint density at radius 3 is 2.61 bits per heavy atom. The van der Waals surface area contributed by atoms with Gasteiger partial charge in [-0.25, -0.2) is 9.48 Å². The maximum Gasteiger partial charge on any atom is 0.326 e. The summed E-state index contributed by atoms with van der Waals surface area (Å²) in [6.45, 7) is 1.71. The van der Waals surface area contributed by atoms with Crippen LogP contribution in [0.2, 0.25) is 0 Å². The van der Waals surface area contributed by atoms with Crippen LogP contribution in [0.4, 0.5) is 0 Å². The topological polar surface area (TPSA) is 84.7 Å². The molecule has 1 unspecified atom stereocenters. The van der Waals surface area contributed by atoms with Crippen LogP contribution in [-0.4, -0.2) is 51.9 Å². The molecular weight excluding hydrogens is 238 g/mol. The summed E-state index contributed by atoms with van der Waals surface area (Å²) < 4.78 is 6.42. The van der Waals surface area contributed by atoms with Gasteiger partial charge in [0.1, 0.15) is 6.04 Å². The van der Waals surface area contributed by atoms with Gasteiger partial charge < -0.3 is 14.7 Å². The quantitative estimate of drug-likeness (QED) is 0.821. The van der Waals surface area contributed by atoms with E-state index >= 15 is 0 Å². The highest BCUT2D eigenvalue weighted by molar-refractivity contribution is 5.95. The number of methoxy groups -OCH3 is 1. The standard InChI is InChI=1S/C11H17N3O4/c1-5-8(11(16)17)13(2)10(15)7-6-9(18-4)14(3)12-7/h6,8H,5H2,1-4H3,(H,16,17). The van der Waals surface area contributed by atoms with E-state index in [4.69, 9.17) is 9.84 Å². The molecule has 1 amide bonds. The number of amides is 1. The Kier molecular flexibility index (Phi) is 4.30. The first-order valence-electron chi connectivity index (χ1n) is 5.50. The van der Waals surface area contributed by atoms with Crippen LogP contribution in [0, 0.1) is 0 Å². The Balaban J connectivity index is 2.95. The van der Waals surface area contributed by atoms with Crippen molar-refractivity contribution in [1.82, 2.24) is 14.7 Å². The van der Waals surface area contributed by atoms with Gasteiger partial charge in [0, 0.05) is 20.2 Å². The second-order valence-corrected chi connectivity index (χ2v) is 3.87. The summed E-state index contributed by atoms with van der Waals surface area (Å²) in [5, 5.41) is 13.0. The minimum absolute atomic E-state index is 0.163. The zero-order chi connectivity index (χ0) is 13.9. The van der Waals surface area contributed by atoms with Gasteiger partial charge in [-0.2, -0.15) is 5.10 Å². The summed E-state index contributed by atoms with van der Waals surface area (Å²) in [4.78, 5) is 24.2. The lowest BCUT2D eigenvalue weighted by Crippen LogP contribution is -2.42. The molecule has 100 valence electrons. The molecule has 0 aliphatic carbocycles. The number of carboxylic acid groups (broad SMARTS) is 1. The zero-order valence-electron chi connectivity index (χ0n) is 10.9. The molecule has 1 rings (SSSR count). The van der Waals surface area contributed by atoms with Crippen molar-refractivity contribution in [2.75, 3.05) is 14.2 Å². The molecule has 0 spiro atoms. The van der Waals surface area contributed by atoms with E-state index in [1.54, 1.807) is 14.0 Å². The molecule has 18 heavy (non-hydrogen) atoms. The number of carboxylic acids is 1. The number of hydrogen-bond acceptors (Lipinski definition) is 4. The van der Waals surface area contributed by atoms with Gasteiger partial charge >= 0.3 is 5.97 Å². The van der Waals surface area contributed by atoms with Crippen molar-refractivity contribution in [3.63, 3.8) is 0 Å². The molecule has 1 aromatic heterocycles. The van der Waals surface area contributed by atoms with Crippen LogP contribution >= 0.6 is 0 Å². The fraction of sp³-hybridized carbons (Fsp3) is 0.545. The third-order valence-electron chi connectivity index (χ3n) is 2.72. The van der Waals surface area contributed by atoms with E-state index in [9.17, 15) is 9.59 Å². The number of aliphatic carboxylic acids is 1. The molecule has 7 heteroatoms. The predicted octanol–water partition coefficient (Wildman–Crippen LogP) is 0.364. The highest BCUT2D eigenvalue weighted by Gasteiger charge is 2.27. The van der Waals surface area contributed by atoms with Crippen molar-refractivity contribution in [2.45, 2.75) is 19.4 Å². The lowest BCUT2D eigenvalue weighted by atomic mass is 10.2. The summed E-state index contributed by atoms with van der Waals surface area (Å²) >= 11 is 0. The number of rotatable bonds is 5. The molecule has 1 atom stereocenters. The molecule has 1 heterocycles. The molecule has 0 fully saturated rings. The number of likely N-dealkylation sites (N-methyl/N-ethyl adjacent to an activating group) is 1. The molecule has 0 saturated carbocycles. The molecule has 0 radical (unpaired) electrons. The van der Waals surface area contributed by atoms with Crippen LogP contribution in [0.15, 0.2) is 6.07 Å². The summed E-state index contributed by atoms with van der Waals surface area (Å²) in [6, 6.07) is 0.624. The number of nitrogens with zero attached hydrogens (tertiary/aromatic N) is 3. The van der Waals surface area contributed by atoms with Crippen molar-refractivity contribution < 1.29 is 19.4 Å². The van der Waals surface area contributed by atoms with E-state index in [-0.39, 0.29) is 5.69 Å². The van der Waals surface area contributed by atoms with Crippen LogP contribution in [0.1, 0.15) is 23.8 Å². The van der Waals surface area contributed by atoms with Crippen molar-refractivity contribution >= 4 is 11.9 Å². The fourth-order valence-electron chi connectivity index (χ4n) is 1.68. The van der Waals surface area contributed by atoms with E-state index in [1.807, 2.05) is 0 Å². The van der Waals surface area contributed by atoms with Crippen molar-refractivity contribution in [3.8, 4) is 5.88 Å². The second kappa shape index (κ2) is 5.52. The normalized spacial score (nSPS) is 12.0. The Morgan fingerprint density at radius 2 is 2.22 bits per heavy atom. The average Bonchev–Trinajstić information content (AvgIpc) is 2.69. The molecular formula is C11H17N3O4. The van der Waals surface area contributed by atoms with Gasteiger partial charge in [-0.3, -0.25) is 4.79 Å². The van der Waals surface area contributed by atoms with Gasteiger partial charge in [-0.05, 0) is 6.42 Å². The second-order valence-electron chi connectivity index (χ2n) is 3.87. The molecule has 0 bridgehead atoms. The lowest BCUT2D eigenvalue weighted by molar-refractivity contribution is -0.142. The van der Waals surface area contributed by atoms with Gasteiger partial charge in [0.2, 0.25) is 5.88 Å². The zero-order valence-corrected chi connectivity index (χ0v) is 10.9. The third-order valence-corrected chi connectivity index (χ3v) is 2.72. The minimum atomic E-state index is -1.03. The number of aromatic nitrogens is 2. The van der Waals surface area contributed by atoms with Crippen molar-refractivity contribution in [2.24, 2.45) is 7.05 Å². The van der Waals surface area contributed by atoms with Crippen molar-refractivity contribution in [1.29, 1.82) is 0 Å². The fourth-order valence-corrected chi connectivity index (χ4v) is 1.68. The number of ether oxygens (including phenoxy) is 1. The van der Waals surface area contributed by atoms with E-state index in [0.29, 0.717) is 12.3 Å². The number of carbonyl (C=O) groups is 2. The number of aryl methyl sites for hydroxylation is 1. The largest absolute Gasteiger partial charge is 0.481 e. The Hall–Kier alpha value is -2.05. The van der Waals surface area contributed by atoms with Gasteiger partial charge in [-0.1, -0.05) is 6.92 Å². The van der Waals surface area contributed by atoms with Crippen LogP contribution in [0.5, 0.6) is 5.88 Å². The average molecular weight is 255 g/mol. The van der Waals surface area contributed by atoms with Gasteiger partial charge in [0.05, 0.1) is 7.11 Å². The highest BCUT2D eigenvalue weighted by atomic mass is 16.5. The monoisotopic (exact) mass is 255 g/mol. The van der Waals surface area contributed by atoms with Crippen LogP contribution in [-0.2, 0) is 11.8 Å². The molecule has 1 aromatic rings. The van der Waals surface area contributed by atoms with E-state index < -0.39 is 17.9 Å². The van der Waals surface area contributed by atoms with E-state index in [2.05, 4.69) is 5.10 Å². The van der Waals surface area contributed by atoms with Gasteiger partial charge in [0.15, 0.2) is 5.69 Å². The first kappa shape index (κ1) is 14.0. The smallest absolute Gasteiger partial charge is 0.326 e. The predicted molar refractivity (Wildman–Crippen MR) is 63.6 cm³/mol. The molecule has 0 aromatic carbocycles. The SMILES string of the molecule is CCC(C(=O)O)N(C)C(=O)c1cc(OC)n(C)n1. The highest BCUT2D eigenvalue weighted by Crippen LogP contribution is 2.14.